The molecule has 0 N–H and O–H groups in total. The highest BCUT2D eigenvalue weighted by Crippen LogP contribution is 2.32. The van der Waals surface area contributed by atoms with Crippen molar-refractivity contribution >= 4 is 11.9 Å². The first-order valence-corrected chi connectivity index (χ1v) is 6.05. The van der Waals surface area contributed by atoms with Gasteiger partial charge in [-0.05, 0) is 17.5 Å². The van der Waals surface area contributed by atoms with Crippen LogP contribution in [0.15, 0.2) is 24.3 Å². The van der Waals surface area contributed by atoms with Crippen molar-refractivity contribution in [3.05, 3.63) is 35.4 Å². The second-order valence-corrected chi connectivity index (χ2v) is 4.46. The summed E-state index contributed by atoms with van der Waals surface area (Å²) < 4.78 is 4.72. The molecular formula is C14H17NO3. The number of esters is 1. The number of ether oxygens (including phenoxy) is 1. The van der Waals surface area contributed by atoms with E-state index in [1.807, 2.05) is 18.2 Å². The topological polar surface area (TPSA) is 46.6 Å². The molecule has 4 heteroatoms. The van der Waals surface area contributed by atoms with Crippen LogP contribution in [0.25, 0.3) is 0 Å². The average molecular weight is 247 g/mol. The van der Waals surface area contributed by atoms with Gasteiger partial charge in [-0.2, -0.15) is 0 Å². The van der Waals surface area contributed by atoms with Crippen molar-refractivity contribution in [3.63, 3.8) is 0 Å². The lowest BCUT2D eigenvalue weighted by atomic mass is 9.90. The summed E-state index contributed by atoms with van der Waals surface area (Å²) in [7, 11) is 1.37. The van der Waals surface area contributed by atoms with Crippen LogP contribution >= 0.6 is 0 Å². The van der Waals surface area contributed by atoms with Gasteiger partial charge in [0.05, 0.1) is 19.6 Å². The fourth-order valence-corrected chi connectivity index (χ4v) is 2.49. The van der Waals surface area contributed by atoms with E-state index in [1.165, 1.54) is 19.6 Å². The molecule has 0 fully saturated rings. The van der Waals surface area contributed by atoms with E-state index in [0.717, 1.165) is 12.0 Å². The summed E-state index contributed by atoms with van der Waals surface area (Å²) in [6.07, 6.45) is 1.06. The zero-order valence-electron chi connectivity index (χ0n) is 10.7. The highest BCUT2D eigenvalue weighted by atomic mass is 16.5. The van der Waals surface area contributed by atoms with E-state index >= 15 is 0 Å². The van der Waals surface area contributed by atoms with Gasteiger partial charge in [0.2, 0.25) is 5.91 Å². The van der Waals surface area contributed by atoms with Crippen LogP contribution in [0.4, 0.5) is 0 Å². The number of methoxy groups -OCH3 is 1. The zero-order chi connectivity index (χ0) is 13.1. The minimum absolute atomic E-state index is 0.00148. The van der Waals surface area contributed by atoms with E-state index in [4.69, 9.17) is 4.74 Å². The smallest absolute Gasteiger partial charge is 0.307 e. The number of benzene rings is 1. The summed E-state index contributed by atoms with van der Waals surface area (Å²) in [5.74, 6) is -0.290. The lowest BCUT2D eigenvalue weighted by Crippen LogP contribution is -2.39. The Morgan fingerprint density at radius 1 is 1.39 bits per heavy atom. The Labute approximate surface area is 107 Å². The molecular weight excluding hydrogens is 230 g/mol. The maximum absolute atomic E-state index is 11.7. The van der Waals surface area contributed by atoms with Gasteiger partial charge in [-0.15, -0.1) is 0 Å². The highest BCUT2D eigenvalue weighted by molar-refractivity contribution is 5.76. The number of fused-ring (bicyclic) bond motifs is 1. The van der Waals surface area contributed by atoms with Crippen LogP contribution in [0.1, 0.15) is 30.5 Å². The molecule has 1 aromatic carbocycles. The van der Waals surface area contributed by atoms with Gasteiger partial charge in [0.15, 0.2) is 0 Å². The second-order valence-electron chi connectivity index (χ2n) is 4.46. The first-order chi connectivity index (χ1) is 8.63. The fourth-order valence-electron chi connectivity index (χ4n) is 2.49. The number of carbonyl (C=O) groups is 2. The number of rotatable bonds is 2. The molecule has 0 aliphatic carbocycles. The van der Waals surface area contributed by atoms with Crippen LogP contribution in [-0.4, -0.2) is 30.4 Å². The van der Waals surface area contributed by atoms with E-state index in [9.17, 15) is 9.59 Å². The molecule has 1 aliphatic heterocycles. The summed E-state index contributed by atoms with van der Waals surface area (Å²) in [4.78, 5) is 24.9. The Kier molecular flexibility index (Phi) is 3.65. The number of carbonyl (C=O) groups excluding carboxylic acids is 2. The average Bonchev–Trinajstić information content (AvgIpc) is 2.38. The fraction of sp³-hybridized carbons (Fsp3) is 0.429. The van der Waals surface area contributed by atoms with Crippen LogP contribution in [0.5, 0.6) is 0 Å². The molecule has 1 amide bonds. The predicted molar refractivity (Wildman–Crippen MR) is 66.9 cm³/mol. The van der Waals surface area contributed by atoms with Gasteiger partial charge in [-0.25, -0.2) is 0 Å². The summed E-state index contributed by atoms with van der Waals surface area (Å²) in [6.45, 7) is 2.20. The molecule has 0 aromatic heterocycles. The van der Waals surface area contributed by atoms with Gasteiger partial charge in [-0.3, -0.25) is 9.59 Å². The third-order valence-corrected chi connectivity index (χ3v) is 3.40. The SMILES string of the molecule is COC(=O)CC1c2ccccc2CCN1C(C)=O. The predicted octanol–water partition coefficient (Wildman–Crippen LogP) is 1.70. The second kappa shape index (κ2) is 5.21. The molecule has 2 rings (SSSR count). The van der Waals surface area contributed by atoms with Crippen molar-refractivity contribution in [3.8, 4) is 0 Å². The number of amides is 1. The molecule has 96 valence electrons. The molecule has 1 aromatic rings. The van der Waals surface area contributed by atoms with Crippen LogP contribution in [0.2, 0.25) is 0 Å². The molecule has 0 bridgehead atoms. The molecule has 1 aliphatic rings. The van der Waals surface area contributed by atoms with Gasteiger partial charge in [0.25, 0.3) is 0 Å². The Balaban J connectivity index is 2.34. The Morgan fingerprint density at radius 3 is 2.78 bits per heavy atom. The van der Waals surface area contributed by atoms with E-state index in [-0.39, 0.29) is 24.3 Å². The standard InChI is InChI=1S/C14H17NO3/c1-10(16)15-8-7-11-5-3-4-6-12(11)13(15)9-14(17)18-2/h3-6,13H,7-9H2,1-2H3. The highest BCUT2D eigenvalue weighted by Gasteiger charge is 2.30. The van der Waals surface area contributed by atoms with Crippen molar-refractivity contribution in [2.45, 2.75) is 25.8 Å². The maximum Gasteiger partial charge on any atom is 0.307 e. The molecule has 4 nitrogen and oxygen atoms in total. The lowest BCUT2D eigenvalue weighted by molar-refractivity contribution is -0.143. The number of hydrogen-bond donors (Lipinski definition) is 0. The zero-order valence-corrected chi connectivity index (χ0v) is 10.7. The normalized spacial score (nSPS) is 18.1. The van der Waals surface area contributed by atoms with Crippen molar-refractivity contribution in [2.24, 2.45) is 0 Å². The summed E-state index contributed by atoms with van der Waals surface area (Å²) in [5.41, 5.74) is 2.27. The molecule has 1 unspecified atom stereocenters. The molecule has 18 heavy (non-hydrogen) atoms. The van der Waals surface area contributed by atoms with Gasteiger partial charge in [0, 0.05) is 13.5 Å². The van der Waals surface area contributed by atoms with E-state index in [2.05, 4.69) is 6.07 Å². The third kappa shape index (κ3) is 2.37. The quantitative estimate of drug-likeness (QED) is 0.747. The van der Waals surface area contributed by atoms with E-state index in [0.29, 0.717) is 6.54 Å². The van der Waals surface area contributed by atoms with Gasteiger partial charge in [-0.1, -0.05) is 24.3 Å². The molecule has 1 heterocycles. The van der Waals surface area contributed by atoms with Crippen molar-refractivity contribution in [2.75, 3.05) is 13.7 Å². The van der Waals surface area contributed by atoms with Gasteiger partial charge >= 0.3 is 5.97 Å². The number of hydrogen-bond acceptors (Lipinski definition) is 3. The van der Waals surface area contributed by atoms with Crippen LogP contribution in [-0.2, 0) is 20.7 Å². The Bertz CT molecular complexity index is 470. The Hall–Kier alpha value is -1.84. The minimum Gasteiger partial charge on any atom is -0.469 e. The van der Waals surface area contributed by atoms with Crippen molar-refractivity contribution < 1.29 is 14.3 Å². The Morgan fingerprint density at radius 2 is 2.11 bits per heavy atom. The number of nitrogens with zero attached hydrogens (tertiary/aromatic N) is 1. The molecule has 1 atom stereocenters. The molecule has 0 saturated heterocycles. The summed E-state index contributed by atoms with van der Waals surface area (Å²) in [6, 6.07) is 7.76. The largest absolute Gasteiger partial charge is 0.469 e. The summed E-state index contributed by atoms with van der Waals surface area (Å²) >= 11 is 0. The van der Waals surface area contributed by atoms with Crippen LogP contribution in [0.3, 0.4) is 0 Å². The molecule has 0 spiro atoms. The maximum atomic E-state index is 11.7. The minimum atomic E-state index is -0.289. The van der Waals surface area contributed by atoms with E-state index in [1.54, 1.807) is 4.90 Å². The van der Waals surface area contributed by atoms with Crippen molar-refractivity contribution in [1.82, 2.24) is 4.90 Å². The molecule has 0 saturated carbocycles. The van der Waals surface area contributed by atoms with Crippen molar-refractivity contribution in [1.29, 1.82) is 0 Å². The molecule has 0 radical (unpaired) electrons. The van der Waals surface area contributed by atoms with Crippen LogP contribution < -0.4 is 0 Å². The first-order valence-electron chi connectivity index (χ1n) is 6.05. The van der Waals surface area contributed by atoms with Gasteiger partial charge in [0.1, 0.15) is 0 Å². The monoisotopic (exact) mass is 247 g/mol. The van der Waals surface area contributed by atoms with E-state index < -0.39 is 0 Å². The van der Waals surface area contributed by atoms with Crippen LogP contribution in [0, 0.1) is 0 Å². The van der Waals surface area contributed by atoms with Gasteiger partial charge < -0.3 is 9.64 Å². The lowest BCUT2D eigenvalue weighted by Gasteiger charge is -2.36. The summed E-state index contributed by atoms with van der Waals surface area (Å²) in [5, 5.41) is 0. The first kappa shape index (κ1) is 12.6. The third-order valence-electron chi connectivity index (χ3n) is 3.40.